The van der Waals surface area contributed by atoms with E-state index in [1.165, 1.54) is 37.4 Å². The molecule has 154 valence electrons. The van der Waals surface area contributed by atoms with Crippen molar-refractivity contribution in [3.63, 3.8) is 0 Å². The van der Waals surface area contributed by atoms with E-state index >= 15 is 0 Å². The second-order valence-corrected chi connectivity index (χ2v) is 8.00. The summed E-state index contributed by atoms with van der Waals surface area (Å²) in [5, 5.41) is 2.63. The molecule has 0 aromatic heterocycles. The lowest BCUT2D eigenvalue weighted by atomic mass is 10.2. The molecule has 2 aromatic rings. The average Bonchev–Trinajstić information content (AvgIpc) is 3.09. The molecule has 3 rings (SSSR count). The van der Waals surface area contributed by atoms with Gasteiger partial charge in [-0.15, -0.1) is 4.83 Å². The van der Waals surface area contributed by atoms with Crippen LogP contribution in [-0.2, 0) is 21.2 Å². The van der Waals surface area contributed by atoms with Gasteiger partial charge in [-0.3, -0.25) is 15.0 Å². The largest absolute Gasteiger partial charge is 0.493 e. The Morgan fingerprint density at radius 2 is 1.97 bits per heavy atom. The van der Waals surface area contributed by atoms with Crippen molar-refractivity contribution in [1.29, 1.82) is 0 Å². The molecule has 3 N–H and O–H groups in total. The van der Waals surface area contributed by atoms with Gasteiger partial charge in [-0.1, -0.05) is 6.92 Å². The SMILES string of the molecule is CCCOc1ccc(C(=O)NNS(=O)(=O)c2ccc3c(c2)CC(=O)N3)cc1OC. The zero-order valence-corrected chi connectivity index (χ0v) is 16.8. The monoisotopic (exact) mass is 419 g/mol. The highest BCUT2D eigenvalue weighted by Gasteiger charge is 2.22. The highest BCUT2D eigenvalue weighted by Crippen LogP contribution is 2.28. The van der Waals surface area contributed by atoms with Crippen molar-refractivity contribution < 1.29 is 27.5 Å². The molecular formula is C19H21N3O6S. The fourth-order valence-electron chi connectivity index (χ4n) is 2.76. The number of nitrogens with one attached hydrogen (secondary N) is 3. The van der Waals surface area contributed by atoms with E-state index in [1.54, 1.807) is 6.07 Å². The summed E-state index contributed by atoms with van der Waals surface area (Å²) < 4.78 is 35.7. The van der Waals surface area contributed by atoms with Crippen LogP contribution in [0.2, 0.25) is 0 Å². The molecule has 10 heteroatoms. The molecule has 1 aliphatic heterocycles. The Morgan fingerprint density at radius 3 is 2.69 bits per heavy atom. The normalized spacial score (nSPS) is 12.8. The maximum absolute atomic E-state index is 12.5. The van der Waals surface area contributed by atoms with Crippen LogP contribution in [0.4, 0.5) is 5.69 Å². The molecule has 0 fully saturated rings. The highest BCUT2D eigenvalue weighted by molar-refractivity contribution is 7.89. The van der Waals surface area contributed by atoms with E-state index < -0.39 is 15.9 Å². The summed E-state index contributed by atoms with van der Waals surface area (Å²) in [6, 6.07) is 8.80. The third-order valence-corrected chi connectivity index (χ3v) is 5.44. The number of fused-ring (bicyclic) bond motifs is 1. The molecule has 2 aromatic carbocycles. The molecule has 0 radical (unpaired) electrons. The summed E-state index contributed by atoms with van der Waals surface area (Å²) in [4.78, 5) is 25.8. The van der Waals surface area contributed by atoms with Gasteiger partial charge in [0.1, 0.15) is 0 Å². The number of methoxy groups -OCH3 is 1. The molecule has 0 unspecified atom stereocenters. The van der Waals surface area contributed by atoms with Gasteiger partial charge in [-0.2, -0.15) is 0 Å². The van der Waals surface area contributed by atoms with Gasteiger partial charge in [-0.25, -0.2) is 8.42 Å². The lowest BCUT2D eigenvalue weighted by Crippen LogP contribution is -2.41. The molecule has 29 heavy (non-hydrogen) atoms. The minimum Gasteiger partial charge on any atom is -0.493 e. The number of carbonyl (C=O) groups is 2. The summed E-state index contributed by atoms with van der Waals surface area (Å²) in [6.45, 7) is 2.47. The maximum atomic E-state index is 12.5. The van der Waals surface area contributed by atoms with Crippen LogP contribution in [-0.4, -0.2) is 33.9 Å². The van der Waals surface area contributed by atoms with E-state index in [1.807, 2.05) is 6.92 Å². The first kappa shape index (κ1) is 20.6. The Balaban J connectivity index is 1.70. The predicted molar refractivity (Wildman–Crippen MR) is 105 cm³/mol. The quantitative estimate of drug-likeness (QED) is 0.559. The summed E-state index contributed by atoms with van der Waals surface area (Å²) in [7, 11) is -2.56. The molecule has 0 aliphatic carbocycles. The Labute approximate surface area is 168 Å². The van der Waals surface area contributed by atoms with Crippen LogP contribution in [0.1, 0.15) is 29.3 Å². The van der Waals surface area contributed by atoms with E-state index in [2.05, 4.69) is 15.6 Å². The second kappa shape index (κ2) is 8.50. The van der Waals surface area contributed by atoms with Gasteiger partial charge in [0, 0.05) is 11.3 Å². The van der Waals surface area contributed by atoms with Gasteiger partial charge in [-0.05, 0) is 48.4 Å². The van der Waals surface area contributed by atoms with Crippen molar-refractivity contribution in [2.24, 2.45) is 0 Å². The number of carbonyl (C=O) groups excluding carboxylic acids is 2. The van der Waals surface area contributed by atoms with Crippen molar-refractivity contribution in [1.82, 2.24) is 10.3 Å². The van der Waals surface area contributed by atoms with Gasteiger partial charge in [0.2, 0.25) is 5.91 Å². The van der Waals surface area contributed by atoms with Crippen molar-refractivity contribution in [2.75, 3.05) is 19.0 Å². The van der Waals surface area contributed by atoms with Gasteiger partial charge in [0.25, 0.3) is 15.9 Å². The first-order valence-corrected chi connectivity index (χ1v) is 10.4. The number of sulfonamides is 1. The standard InChI is InChI=1S/C19H21N3O6S/c1-3-8-28-16-7-4-12(10-17(16)27-2)19(24)21-22-29(25,26)14-5-6-15-13(9-14)11-18(23)20-15/h4-7,9-10,22H,3,8,11H2,1-2H3,(H,20,23)(H,21,24). The van der Waals surface area contributed by atoms with E-state index in [0.29, 0.717) is 29.4 Å². The number of hydrogen-bond acceptors (Lipinski definition) is 6. The summed E-state index contributed by atoms with van der Waals surface area (Å²) in [5.74, 6) is 0.000524. The number of amides is 2. The van der Waals surface area contributed by atoms with Gasteiger partial charge < -0.3 is 14.8 Å². The first-order chi connectivity index (χ1) is 13.8. The number of ether oxygens (including phenoxy) is 2. The van der Waals surface area contributed by atoms with Crippen LogP contribution in [0.5, 0.6) is 11.5 Å². The Morgan fingerprint density at radius 1 is 1.17 bits per heavy atom. The molecule has 0 saturated carbocycles. The minimum atomic E-state index is -4.02. The van der Waals surface area contributed by atoms with Crippen LogP contribution in [0, 0.1) is 0 Å². The zero-order chi connectivity index (χ0) is 21.0. The lowest BCUT2D eigenvalue weighted by Gasteiger charge is -2.12. The lowest BCUT2D eigenvalue weighted by molar-refractivity contribution is -0.115. The molecule has 1 aliphatic rings. The molecule has 2 amide bonds. The summed E-state index contributed by atoms with van der Waals surface area (Å²) >= 11 is 0. The average molecular weight is 419 g/mol. The Hall–Kier alpha value is -3.11. The first-order valence-electron chi connectivity index (χ1n) is 8.90. The Kier molecular flexibility index (Phi) is 6.04. The van der Waals surface area contributed by atoms with Crippen LogP contribution in [0.15, 0.2) is 41.3 Å². The second-order valence-electron chi connectivity index (χ2n) is 6.32. The number of rotatable bonds is 8. The third-order valence-electron chi connectivity index (χ3n) is 4.20. The summed E-state index contributed by atoms with van der Waals surface area (Å²) in [5.41, 5.74) is 3.52. The third kappa shape index (κ3) is 4.66. The number of hydrazine groups is 1. The molecule has 0 spiro atoms. The maximum Gasteiger partial charge on any atom is 0.266 e. The van der Waals surface area contributed by atoms with Crippen molar-refractivity contribution in [3.05, 3.63) is 47.5 Å². The summed E-state index contributed by atoms with van der Waals surface area (Å²) in [6.07, 6.45) is 0.928. The van der Waals surface area contributed by atoms with E-state index in [0.717, 1.165) is 6.42 Å². The van der Waals surface area contributed by atoms with Crippen LogP contribution < -0.4 is 25.0 Å². The van der Waals surface area contributed by atoms with E-state index in [4.69, 9.17) is 9.47 Å². The number of benzene rings is 2. The zero-order valence-electron chi connectivity index (χ0n) is 15.9. The molecule has 0 atom stereocenters. The van der Waals surface area contributed by atoms with Crippen molar-refractivity contribution in [2.45, 2.75) is 24.7 Å². The fourth-order valence-corrected chi connectivity index (χ4v) is 3.65. The van der Waals surface area contributed by atoms with E-state index in [-0.39, 0.29) is 22.8 Å². The Bertz CT molecular complexity index is 1050. The van der Waals surface area contributed by atoms with Crippen LogP contribution >= 0.6 is 0 Å². The number of hydrogen-bond donors (Lipinski definition) is 3. The van der Waals surface area contributed by atoms with Crippen molar-refractivity contribution in [3.8, 4) is 11.5 Å². The van der Waals surface area contributed by atoms with Crippen LogP contribution in [0.25, 0.3) is 0 Å². The topological polar surface area (TPSA) is 123 Å². The number of anilines is 1. The van der Waals surface area contributed by atoms with Gasteiger partial charge >= 0.3 is 0 Å². The fraction of sp³-hybridized carbons (Fsp3) is 0.263. The highest BCUT2D eigenvalue weighted by atomic mass is 32.2. The van der Waals surface area contributed by atoms with E-state index in [9.17, 15) is 18.0 Å². The molecule has 0 saturated heterocycles. The van der Waals surface area contributed by atoms with Gasteiger partial charge in [0.05, 0.1) is 25.0 Å². The minimum absolute atomic E-state index is 0.0612. The molecule has 1 heterocycles. The smallest absolute Gasteiger partial charge is 0.266 e. The predicted octanol–water partition coefficient (Wildman–Crippen LogP) is 1.60. The van der Waals surface area contributed by atoms with Crippen molar-refractivity contribution >= 4 is 27.5 Å². The van der Waals surface area contributed by atoms with Gasteiger partial charge in [0.15, 0.2) is 11.5 Å². The molecule has 0 bridgehead atoms. The molecule has 9 nitrogen and oxygen atoms in total. The van der Waals surface area contributed by atoms with Crippen LogP contribution in [0.3, 0.4) is 0 Å². The molecular weight excluding hydrogens is 398 g/mol.